The summed E-state index contributed by atoms with van der Waals surface area (Å²) in [7, 11) is 0. The first-order valence-electron chi connectivity index (χ1n) is 22.6. The number of imidazole rings is 3. The number of pyridine rings is 5. The van der Waals surface area contributed by atoms with E-state index in [9.17, 15) is 0 Å². The van der Waals surface area contributed by atoms with Crippen molar-refractivity contribution < 1.29 is 8.78 Å². The zero-order chi connectivity index (χ0) is 50.6. The van der Waals surface area contributed by atoms with Crippen molar-refractivity contribution in [2.45, 2.75) is 61.8 Å². The van der Waals surface area contributed by atoms with Gasteiger partial charge >= 0.3 is 0 Å². The summed E-state index contributed by atoms with van der Waals surface area (Å²) in [5.41, 5.74) is 15.3. The molecule has 0 atom stereocenters. The van der Waals surface area contributed by atoms with Crippen molar-refractivity contribution in [3.05, 3.63) is 134 Å². The van der Waals surface area contributed by atoms with Crippen LogP contribution in [0.2, 0.25) is 0 Å². The van der Waals surface area contributed by atoms with Crippen LogP contribution in [0.1, 0.15) is 66.3 Å². The van der Waals surface area contributed by atoms with Gasteiger partial charge in [0.25, 0.3) is 0 Å². The van der Waals surface area contributed by atoms with Gasteiger partial charge in [-0.15, -0.1) is 0 Å². The number of nitrogens with one attached hydrogen (secondary N) is 5. The first-order chi connectivity index (χ1) is 34.2. The van der Waals surface area contributed by atoms with Crippen LogP contribution in [0.5, 0.6) is 0 Å². The molecule has 0 radical (unpaired) electrons. The van der Waals surface area contributed by atoms with E-state index < -0.39 is 11.6 Å². The molecule has 0 unspecified atom stereocenters. The van der Waals surface area contributed by atoms with Crippen LogP contribution in [0, 0.1) is 24.0 Å². The molecule has 360 valence electrons. The molecule has 0 saturated heterocycles. The molecule has 20 heteroatoms. The Morgan fingerprint density at radius 3 is 2.11 bits per heavy atom. The van der Waals surface area contributed by atoms with Gasteiger partial charge in [0.1, 0.15) is 33.8 Å². The fraction of sp³-hybridized carbons (Fsp3) is 0.196. The van der Waals surface area contributed by atoms with Gasteiger partial charge < -0.3 is 25.6 Å². The van der Waals surface area contributed by atoms with Gasteiger partial charge in [-0.25, -0.2) is 38.7 Å². The number of nitrogens with zero attached hydrogens (tertiary/aromatic N) is 12. The lowest BCUT2D eigenvalue weighted by Crippen LogP contribution is -2.15. The topological polar surface area (TPSA) is 247 Å². The number of nitrogens with two attached hydrogens (primary N) is 1. The maximum atomic E-state index is 15.9. The Bertz CT molecular complexity index is 3690. The molecular formula is C51H52F2N18. The molecule has 0 aliphatic carbocycles. The quantitative estimate of drug-likeness (QED) is 0.0426. The molecule has 10 aromatic rings. The molecule has 0 amide bonds. The van der Waals surface area contributed by atoms with Crippen LogP contribution >= 0.6 is 0 Å². The van der Waals surface area contributed by atoms with Crippen molar-refractivity contribution in [1.29, 1.82) is 0 Å². The summed E-state index contributed by atoms with van der Waals surface area (Å²) in [6, 6.07) is 5.34. The number of allylic oxidation sites excluding steroid dienone is 6. The fourth-order valence-corrected chi connectivity index (χ4v) is 7.48. The van der Waals surface area contributed by atoms with E-state index in [2.05, 4.69) is 108 Å². The normalized spacial score (nSPS) is 12.1. The number of anilines is 1. The van der Waals surface area contributed by atoms with E-state index >= 15 is 8.78 Å². The van der Waals surface area contributed by atoms with Gasteiger partial charge in [0.2, 0.25) is 0 Å². The molecule has 0 bridgehead atoms. The van der Waals surface area contributed by atoms with E-state index in [-0.39, 0.29) is 22.2 Å². The Morgan fingerprint density at radius 2 is 1.49 bits per heavy atom. The van der Waals surface area contributed by atoms with Crippen molar-refractivity contribution >= 4 is 67.4 Å². The van der Waals surface area contributed by atoms with E-state index in [4.69, 9.17) is 5.73 Å². The third kappa shape index (κ3) is 9.67. The Morgan fingerprint density at radius 1 is 0.859 bits per heavy atom. The molecule has 0 aromatic carbocycles. The Balaban J connectivity index is 0.000000181. The fourth-order valence-electron chi connectivity index (χ4n) is 7.48. The molecule has 0 spiro atoms. The lowest BCUT2D eigenvalue weighted by atomic mass is 9.93. The summed E-state index contributed by atoms with van der Waals surface area (Å²) in [4.78, 5) is 45.4. The Hall–Kier alpha value is -9.07. The summed E-state index contributed by atoms with van der Waals surface area (Å²) in [5, 5.41) is 18.1. The van der Waals surface area contributed by atoms with Gasteiger partial charge in [0.05, 0.1) is 75.8 Å². The number of aromatic amines is 4. The molecule has 0 saturated carbocycles. The van der Waals surface area contributed by atoms with Crippen LogP contribution in [0.15, 0.2) is 116 Å². The lowest BCUT2D eigenvalue weighted by molar-refractivity contribution is 0.509. The van der Waals surface area contributed by atoms with Crippen molar-refractivity contribution in [3.8, 4) is 40.0 Å². The van der Waals surface area contributed by atoms with Gasteiger partial charge in [-0.1, -0.05) is 72.4 Å². The Labute approximate surface area is 406 Å². The van der Waals surface area contributed by atoms with Gasteiger partial charge in [-0.2, -0.15) is 10.2 Å². The number of hydrogen-bond donors (Lipinski definition) is 6. The molecule has 0 aliphatic rings. The third-order valence-corrected chi connectivity index (χ3v) is 11.0. The number of halogens is 2. The van der Waals surface area contributed by atoms with E-state index in [0.29, 0.717) is 84.3 Å². The van der Waals surface area contributed by atoms with Crippen LogP contribution in [0.4, 0.5) is 20.2 Å². The number of aliphatic imine (C=N–C) groups is 1. The molecule has 18 nitrogen and oxygen atoms in total. The number of hydrogen-bond acceptors (Lipinski definition) is 12. The number of rotatable bonds is 10. The lowest BCUT2D eigenvalue weighted by Gasteiger charge is -2.23. The molecule has 10 rings (SSSR count). The minimum absolute atomic E-state index is 0.139. The van der Waals surface area contributed by atoms with Gasteiger partial charge in [0.15, 0.2) is 34.6 Å². The van der Waals surface area contributed by atoms with E-state index in [1.165, 1.54) is 19.0 Å². The highest BCUT2D eigenvalue weighted by Gasteiger charge is 2.24. The van der Waals surface area contributed by atoms with E-state index in [1.807, 2.05) is 70.5 Å². The summed E-state index contributed by atoms with van der Waals surface area (Å²) < 4.78 is 33.6. The highest BCUT2D eigenvalue weighted by Crippen LogP contribution is 2.36. The Kier molecular flexibility index (Phi) is 13.8. The summed E-state index contributed by atoms with van der Waals surface area (Å²) >= 11 is 0. The second-order valence-electron chi connectivity index (χ2n) is 17.3. The molecule has 0 fully saturated rings. The zero-order valence-electron chi connectivity index (χ0n) is 40.5. The van der Waals surface area contributed by atoms with Crippen molar-refractivity contribution in [2.75, 3.05) is 5.32 Å². The molecule has 10 heterocycles. The zero-order valence-corrected chi connectivity index (χ0v) is 40.5. The second-order valence-corrected chi connectivity index (χ2v) is 17.3. The van der Waals surface area contributed by atoms with E-state index in [1.54, 1.807) is 55.5 Å². The average Bonchev–Trinajstić information content (AvgIpc) is 4.20. The summed E-state index contributed by atoms with van der Waals surface area (Å²) in [6.45, 7) is 23.9. The van der Waals surface area contributed by atoms with Crippen LogP contribution in [0.3, 0.4) is 0 Å². The molecule has 10 aromatic heterocycles. The van der Waals surface area contributed by atoms with Gasteiger partial charge in [-0.3, -0.25) is 25.1 Å². The van der Waals surface area contributed by atoms with Crippen LogP contribution in [-0.2, 0) is 0 Å². The van der Waals surface area contributed by atoms with Crippen LogP contribution in [-0.4, -0.2) is 81.1 Å². The standard InChI is InChI=1S/C24H23FN10.C24H21FN8.C3H8/c1-12(24(2,3)4)31-14-7-13(8-27-9-14)19-18(25)17-16(10-29-19)34-35-21(17)23-32-20-15(30-11-26)5-6-28-22(20)33-23;1-5-7-13(3)15(6-2)20-19(25)18-16(10-27-20)31-32-22(18)24-29-21-17(8-9-26-23(21)30-24)33-11-14(4)28-12-33;1-3-2/h5-11,31H,1H2,2-4H3,(H,34,35)(H3,26,28,30,32,33);5-12H,1H2,2-4H3,(H,31,32)(H,26,29,30);3H2,1-2H3/b;13-7-,15-6+;. The van der Waals surface area contributed by atoms with Crippen molar-refractivity contribution in [2.24, 2.45) is 16.1 Å². The predicted octanol–water partition coefficient (Wildman–Crippen LogP) is 11.2. The highest BCUT2D eigenvalue weighted by molar-refractivity contribution is 5.97. The maximum Gasteiger partial charge on any atom is 0.180 e. The smallest absolute Gasteiger partial charge is 0.180 e. The number of aryl methyl sites for hydroxylation is 1. The minimum Gasteiger partial charge on any atom is -0.390 e. The number of fused-ring (bicyclic) bond motifs is 4. The SMILES string of the molecule is C=C(Nc1cncc(-c2ncc3[nH]nc(-c4nc5nccc(N=CN)c5[nH]4)c3c2F)c1)C(C)(C)C.C=C/C=C(C)\C(=C/C)c1ncc2[nH]nc(-c3nc4nccc(-n5cnc(C)c5)c4[nH]3)c2c1F.CCC. The summed E-state index contributed by atoms with van der Waals surface area (Å²) in [6.07, 6.45) is 21.0. The predicted molar refractivity (Wildman–Crippen MR) is 277 cm³/mol. The number of aromatic nitrogens is 15. The third-order valence-electron chi connectivity index (χ3n) is 11.0. The first kappa shape index (κ1) is 48.4. The molecule has 71 heavy (non-hydrogen) atoms. The van der Waals surface area contributed by atoms with Crippen molar-refractivity contribution in [3.63, 3.8) is 0 Å². The maximum absolute atomic E-state index is 15.9. The van der Waals surface area contributed by atoms with Gasteiger partial charge in [0, 0.05) is 47.0 Å². The molecule has 7 N–H and O–H groups in total. The average molecular weight is 955 g/mol. The highest BCUT2D eigenvalue weighted by atomic mass is 19.1. The molecular weight excluding hydrogens is 903 g/mol. The number of H-pyrrole nitrogens is 4. The largest absolute Gasteiger partial charge is 0.390 e. The summed E-state index contributed by atoms with van der Waals surface area (Å²) in [5.74, 6) is -0.275. The van der Waals surface area contributed by atoms with E-state index in [0.717, 1.165) is 22.7 Å². The second kappa shape index (κ2) is 20.3. The van der Waals surface area contributed by atoms with Crippen LogP contribution < -0.4 is 11.1 Å². The van der Waals surface area contributed by atoms with Crippen LogP contribution in [0.25, 0.3) is 89.7 Å². The molecule has 0 aliphatic heterocycles. The van der Waals surface area contributed by atoms with Gasteiger partial charge in [-0.05, 0) is 44.5 Å². The van der Waals surface area contributed by atoms with Crippen molar-refractivity contribution in [1.82, 2.24) is 74.8 Å². The first-order valence-corrected chi connectivity index (χ1v) is 22.6. The minimum atomic E-state index is -0.548. The monoisotopic (exact) mass is 954 g/mol.